The minimum absolute atomic E-state index is 0.0842. The van der Waals surface area contributed by atoms with Crippen molar-refractivity contribution < 1.29 is 14.4 Å². The summed E-state index contributed by atoms with van der Waals surface area (Å²) >= 11 is 1.52. The number of carbonyl (C=O) groups excluding carboxylic acids is 3. The van der Waals surface area contributed by atoms with Gasteiger partial charge in [-0.2, -0.15) is 0 Å². The fraction of sp³-hybridized carbons (Fsp3) is 0.800. The van der Waals surface area contributed by atoms with Crippen molar-refractivity contribution >= 4 is 35.1 Å². The summed E-state index contributed by atoms with van der Waals surface area (Å²) in [7, 11) is 0. The first-order chi connectivity index (χ1) is 12.2. The van der Waals surface area contributed by atoms with Gasteiger partial charge in [0.25, 0.3) is 0 Å². The Balaban J connectivity index is 2.48. The number of thioether (sulfide) groups is 1. The third kappa shape index (κ3) is 6.86. The molecule has 1 N–H and O–H groups in total. The third-order valence-corrected chi connectivity index (χ3v) is 5.96. The highest BCUT2D eigenvalue weighted by atomic mass is 32.2. The Bertz CT molecular complexity index is 531. The second-order valence-corrected chi connectivity index (χ2v) is 9.18. The van der Waals surface area contributed by atoms with Gasteiger partial charge in [-0.15, -0.1) is 11.8 Å². The van der Waals surface area contributed by atoms with Gasteiger partial charge >= 0.3 is 0 Å². The van der Waals surface area contributed by atoms with Crippen LogP contribution in [0, 0.1) is 23.2 Å². The van der Waals surface area contributed by atoms with Gasteiger partial charge in [-0.3, -0.25) is 19.3 Å². The van der Waals surface area contributed by atoms with Gasteiger partial charge in [-0.1, -0.05) is 34.6 Å². The number of nitrogens with zero attached hydrogens (tertiary/aromatic N) is 1. The van der Waals surface area contributed by atoms with Crippen LogP contribution in [0.4, 0.5) is 0 Å². The lowest BCUT2D eigenvalue weighted by molar-refractivity contribution is -0.140. The minimum atomic E-state index is -0.326. The number of hydrogen-bond acceptors (Lipinski definition) is 5. The van der Waals surface area contributed by atoms with Crippen LogP contribution in [0.25, 0.3) is 0 Å². The maximum absolute atomic E-state index is 12.6. The minimum Gasteiger partial charge on any atom is -0.310 e. The molecule has 0 aliphatic carbocycles. The topological polar surface area (TPSA) is 78.3 Å². The van der Waals surface area contributed by atoms with Crippen molar-refractivity contribution in [1.82, 2.24) is 4.90 Å². The van der Waals surface area contributed by atoms with Crippen molar-refractivity contribution in [3.63, 3.8) is 0 Å². The molecule has 0 aromatic rings. The van der Waals surface area contributed by atoms with Crippen LogP contribution in [0.5, 0.6) is 0 Å². The Hall–Kier alpha value is -1.17. The maximum atomic E-state index is 12.6. The van der Waals surface area contributed by atoms with Crippen molar-refractivity contribution in [2.45, 2.75) is 72.0 Å². The van der Waals surface area contributed by atoms with E-state index in [1.54, 1.807) is 0 Å². The highest BCUT2D eigenvalue weighted by Crippen LogP contribution is 2.27. The van der Waals surface area contributed by atoms with Gasteiger partial charge in [0.15, 0.2) is 0 Å². The predicted molar refractivity (Wildman–Crippen MR) is 108 cm³/mol. The molecule has 26 heavy (non-hydrogen) atoms. The standard InChI is InChI=1S/C20H34N2O3S/c1-6-15(19(24)14(4)5)12-22-18(23)11-17(20(22)25)26-9-7-8-16(21)10-13(2)3/h13-15,17,21H,6-12H2,1-5H3. The van der Waals surface area contributed by atoms with Gasteiger partial charge in [-0.05, 0) is 37.4 Å². The zero-order chi connectivity index (χ0) is 19.9. The van der Waals surface area contributed by atoms with Gasteiger partial charge in [0.2, 0.25) is 11.8 Å². The summed E-state index contributed by atoms with van der Waals surface area (Å²) in [5, 5.41) is 7.59. The molecule has 1 heterocycles. The van der Waals surface area contributed by atoms with E-state index in [4.69, 9.17) is 5.41 Å². The van der Waals surface area contributed by atoms with Crippen LogP contribution in [0.1, 0.15) is 66.7 Å². The number of ketones is 1. The van der Waals surface area contributed by atoms with Gasteiger partial charge in [0, 0.05) is 30.5 Å². The van der Waals surface area contributed by atoms with E-state index in [-0.39, 0.29) is 47.6 Å². The summed E-state index contributed by atoms with van der Waals surface area (Å²) in [6, 6.07) is 0. The monoisotopic (exact) mass is 382 g/mol. The largest absolute Gasteiger partial charge is 0.310 e. The number of hydrogen-bond donors (Lipinski definition) is 1. The number of carbonyl (C=O) groups is 3. The molecule has 148 valence electrons. The van der Waals surface area contributed by atoms with Crippen LogP contribution in [0.3, 0.4) is 0 Å². The zero-order valence-electron chi connectivity index (χ0n) is 16.8. The normalized spacial score (nSPS) is 18.9. The number of amides is 2. The molecule has 1 rings (SSSR count). The van der Waals surface area contributed by atoms with Crippen molar-refractivity contribution in [3.8, 4) is 0 Å². The lowest BCUT2D eigenvalue weighted by Crippen LogP contribution is -2.39. The molecule has 6 heteroatoms. The molecule has 1 aliphatic heterocycles. The number of imide groups is 1. The summed E-state index contributed by atoms with van der Waals surface area (Å²) in [4.78, 5) is 38.3. The van der Waals surface area contributed by atoms with Crippen LogP contribution in [0.2, 0.25) is 0 Å². The Labute approximate surface area is 162 Å². The van der Waals surface area contributed by atoms with E-state index in [1.165, 1.54) is 16.7 Å². The first-order valence-corrected chi connectivity index (χ1v) is 10.8. The van der Waals surface area contributed by atoms with Gasteiger partial charge in [0.1, 0.15) is 5.78 Å². The Morgan fingerprint density at radius 3 is 2.46 bits per heavy atom. The van der Waals surface area contributed by atoms with E-state index >= 15 is 0 Å². The van der Waals surface area contributed by atoms with Crippen molar-refractivity contribution in [3.05, 3.63) is 0 Å². The molecular formula is C20H34N2O3S. The number of rotatable bonds is 12. The van der Waals surface area contributed by atoms with Crippen LogP contribution < -0.4 is 0 Å². The molecule has 2 amide bonds. The van der Waals surface area contributed by atoms with Gasteiger partial charge in [-0.25, -0.2) is 0 Å². The molecule has 1 aliphatic rings. The van der Waals surface area contributed by atoms with Gasteiger partial charge in [0.05, 0.1) is 5.25 Å². The zero-order valence-corrected chi connectivity index (χ0v) is 17.7. The summed E-state index contributed by atoms with van der Waals surface area (Å²) in [6.07, 6.45) is 3.31. The molecule has 1 saturated heterocycles. The molecular weight excluding hydrogens is 348 g/mol. The Morgan fingerprint density at radius 2 is 1.92 bits per heavy atom. The first kappa shape index (κ1) is 22.9. The average molecular weight is 383 g/mol. The SMILES string of the molecule is CCC(CN1C(=O)CC(SCCCC(=N)CC(C)C)C1=O)C(=O)C(C)C. The van der Waals surface area contributed by atoms with Crippen LogP contribution in [0.15, 0.2) is 0 Å². The molecule has 0 aromatic heterocycles. The van der Waals surface area contributed by atoms with Crippen molar-refractivity contribution in [2.24, 2.45) is 17.8 Å². The maximum Gasteiger partial charge on any atom is 0.242 e. The lowest BCUT2D eigenvalue weighted by atomic mass is 9.92. The summed E-state index contributed by atoms with van der Waals surface area (Å²) in [6.45, 7) is 10.1. The molecule has 0 spiro atoms. The molecule has 0 bridgehead atoms. The van der Waals surface area contributed by atoms with Crippen LogP contribution in [-0.4, -0.2) is 45.8 Å². The second kappa shape index (κ2) is 10.9. The number of Topliss-reactive ketones (excluding diaryl/α,β-unsaturated/α-hetero) is 1. The first-order valence-electron chi connectivity index (χ1n) is 9.73. The van der Waals surface area contributed by atoms with Gasteiger partial charge < -0.3 is 5.41 Å². The second-order valence-electron chi connectivity index (χ2n) is 7.87. The van der Waals surface area contributed by atoms with E-state index in [0.717, 1.165) is 30.7 Å². The lowest BCUT2D eigenvalue weighted by Gasteiger charge is -2.22. The predicted octanol–water partition coefficient (Wildman–Crippen LogP) is 3.94. The Kier molecular flexibility index (Phi) is 9.55. The molecule has 2 unspecified atom stereocenters. The summed E-state index contributed by atoms with van der Waals surface area (Å²) < 4.78 is 0. The van der Waals surface area contributed by atoms with Crippen LogP contribution in [-0.2, 0) is 14.4 Å². The fourth-order valence-electron chi connectivity index (χ4n) is 3.19. The summed E-state index contributed by atoms with van der Waals surface area (Å²) in [5.41, 5.74) is 0.758. The van der Waals surface area contributed by atoms with Crippen molar-refractivity contribution in [1.29, 1.82) is 5.41 Å². The quantitative estimate of drug-likeness (QED) is 0.315. The average Bonchev–Trinajstić information content (AvgIpc) is 2.82. The molecule has 1 fully saturated rings. The molecule has 2 atom stereocenters. The molecule has 0 saturated carbocycles. The summed E-state index contributed by atoms with van der Waals surface area (Å²) in [5.74, 6) is 0.746. The molecule has 5 nitrogen and oxygen atoms in total. The van der Waals surface area contributed by atoms with E-state index < -0.39 is 0 Å². The van der Waals surface area contributed by atoms with E-state index in [2.05, 4.69) is 13.8 Å². The van der Waals surface area contributed by atoms with E-state index in [0.29, 0.717) is 12.3 Å². The number of nitrogens with one attached hydrogen (secondary N) is 1. The van der Waals surface area contributed by atoms with E-state index in [9.17, 15) is 14.4 Å². The third-order valence-electron chi connectivity index (χ3n) is 4.67. The number of likely N-dealkylation sites (tertiary alicyclic amines) is 1. The van der Waals surface area contributed by atoms with Crippen LogP contribution >= 0.6 is 11.8 Å². The van der Waals surface area contributed by atoms with Crippen molar-refractivity contribution in [2.75, 3.05) is 12.3 Å². The fourth-order valence-corrected chi connectivity index (χ4v) is 4.32. The molecule has 0 aromatic carbocycles. The Morgan fingerprint density at radius 1 is 1.27 bits per heavy atom. The van der Waals surface area contributed by atoms with E-state index in [1.807, 2.05) is 20.8 Å². The highest BCUT2D eigenvalue weighted by molar-refractivity contribution is 8.00. The highest BCUT2D eigenvalue weighted by Gasteiger charge is 2.40. The molecule has 0 radical (unpaired) electrons. The smallest absolute Gasteiger partial charge is 0.242 e.